The predicted molar refractivity (Wildman–Crippen MR) is 66.5 cm³/mol. The fourth-order valence-corrected chi connectivity index (χ4v) is 3.65. The van der Waals surface area contributed by atoms with E-state index in [1.54, 1.807) is 4.90 Å². The molecular formula is C12H14N2O2S. The van der Waals surface area contributed by atoms with Crippen molar-refractivity contribution in [1.82, 2.24) is 4.90 Å². The maximum atomic E-state index is 12.4. The van der Waals surface area contributed by atoms with Gasteiger partial charge in [0.05, 0.1) is 5.56 Å². The predicted octanol–water partition coefficient (Wildman–Crippen LogP) is 1.92. The molecular weight excluding hydrogens is 236 g/mol. The van der Waals surface area contributed by atoms with Crippen molar-refractivity contribution in [1.29, 1.82) is 0 Å². The maximum absolute atomic E-state index is 12.4. The first-order valence-corrected chi connectivity index (χ1v) is 6.63. The molecule has 3 rings (SSSR count). The summed E-state index contributed by atoms with van der Waals surface area (Å²) in [6.07, 6.45) is 1.70. The summed E-state index contributed by atoms with van der Waals surface area (Å²) in [5.41, 5.74) is 1.70. The third-order valence-electron chi connectivity index (χ3n) is 3.65. The minimum Gasteiger partial charge on any atom is -0.327 e. The molecule has 1 atom stereocenters. The van der Waals surface area contributed by atoms with Crippen LogP contribution in [0.4, 0.5) is 5.00 Å². The number of thiophene rings is 1. The van der Waals surface area contributed by atoms with Gasteiger partial charge in [-0.25, -0.2) is 0 Å². The molecule has 2 aliphatic heterocycles. The molecule has 0 spiro atoms. The first-order valence-electron chi connectivity index (χ1n) is 5.81. The van der Waals surface area contributed by atoms with E-state index < -0.39 is 0 Å². The standard InChI is InChI=1S/C12H14N2O2S/c1-6-7(2)17-11-9(6)12(16)14-5-3-4-8(14)10(15)13-11/h8H,3-5H2,1-2H3,(H,13,15)/t8-/m0/s1. The van der Waals surface area contributed by atoms with Crippen LogP contribution in [0.2, 0.25) is 0 Å². The highest BCUT2D eigenvalue weighted by Crippen LogP contribution is 2.37. The lowest BCUT2D eigenvalue weighted by atomic mass is 10.1. The minimum absolute atomic E-state index is 0.0164. The highest BCUT2D eigenvalue weighted by Gasteiger charge is 2.39. The molecule has 3 heterocycles. The second kappa shape index (κ2) is 3.57. The fraction of sp³-hybridized carbons (Fsp3) is 0.500. The molecule has 0 bridgehead atoms. The van der Waals surface area contributed by atoms with E-state index in [1.807, 2.05) is 13.8 Å². The quantitative estimate of drug-likeness (QED) is 0.764. The molecule has 0 radical (unpaired) electrons. The molecule has 1 saturated heterocycles. The van der Waals surface area contributed by atoms with E-state index in [4.69, 9.17) is 0 Å². The van der Waals surface area contributed by atoms with Crippen LogP contribution in [0.3, 0.4) is 0 Å². The van der Waals surface area contributed by atoms with Crippen molar-refractivity contribution in [2.24, 2.45) is 0 Å². The molecule has 1 fully saturated rings. The lowest BCUT2D eigenvalue weighted by Gasteiger charge is -2.20. The number of hydrogen-bond acceptors (Lipinski definition) is 3. The largest absolute Gasteiger partial charge is 0.327 e. The zero-order valence-electron chi connectivity index (χ0n) is 9.87. The Morgan fingerprint density at radius 1 is 1.35 bits per heavy atom. The van der Waals surface area contributed by atoms with Crippen LogP contribution in [-0.4, -0.2) is 29.3 Å². The van der Waals surface area contributed by atoms with E-state index in [-0.39, 0.29) is 17.9 Å². The molecule has 1 aromatic heterocycles. The average Bonchev–Trinajstić information content (AvgIpc) is 2.83. The summed E-state index contributed by atoms with van der Waals surface area (Å²) in [5, 5.41) is 3.63. The average molecular weight is 250 g/mol. The molecule has 0 saturated carbocycles. The van der Waals surface area contributed by atoms with Crippen molar-refractivity contribution in [3.63, 3.8) is 0 Å². The van der Waals surface area contributed by atoms with Gasteiger partial charge < -0.3 is 10.2 Å². The molecule has 90 valence electrons. The second-order valence-electron chi connectivity index (χ2n) is 4.63. The van der Waals surface area contributed by atoms with E-state index >= 15 is 0 Å². The Morgan fingerprint density at radius 3 is 2.88 bits per heavy atom. The number of fused-ring (bicyclic) bond motifs is 2. The molecule has 1 aromatic rings. The van der Waals surface area contributed by atoms with Crippen LogP contribution < -0.4 is 5.32 Å². The van der Waals surface area contributed by atoms with E-state index in [9.17, 15) is 9.59 Å². The van der Waals surface area contributed by atoms with Gasteiger partial charge in [0.25, 0.3) is 5.91 Å². The van der Waals surface area contributed by atoms with Gasteiger partial charge in [-0.3, -0.25) is 9.59 Å². The zero-order valence-corrected chi connectivity index (χ0v) is 10.7. The summed E-state index contributed by atoms with van der Waals surface area (Å²) in [6.45, 7) is 4.63. The Kier molecular flexibility index (Phi) is 2.26. The van der Waals surface area contributed by atoms with Crippen molar-refractivity contribution in [2.75, 3.05) is 11.9 Å². The van der Waals surface area contributed by atoms with Crippen LogP contribution in [0.1, 0.15) is 33.6 Å². The van der Waals surface area contributed by atoms with Gasteiger partial charge in [-0.05, 0) is 32.3 Å². The summed E-state index contributed by atoms with van der Waals surface area (Å²) in [4.78, 5) is 27.3. The van der Waals surface area contributed by atoms with Crippen molar-refractivity contribution >= 4 is 28.2 Å². The van der Waals surface area contributed by atoms with Crippen LogP contribution >= 0.6 is 11.3 Å². The zero-order chi connectivity index (χ0) is 12.2. The Morgan fingerprint density at radius 2 is 2.12 bits per heavy atom. The number of carbonyl (C=O) groups excluding carboxylic acids is 2. The number of carbonyl (C=O) groups is 2. The summed E-state index contributed by atoms with van der Waals surface area (Å²) < 4.78 is 0. The van der Waals surface area contributed by atoms with Crippen molar-refractivity contribution in [3.05, 3.63) is 16.0 Å². The lowest BCUT2D eigenvalue weighted by Crippen LogP contribution is -2.40. The molecule has 0 unspecified atom stereocenters. The number of rotatable bonds is 0. The van der Waals surface area contributed by atoms with Crippen LogP contribution in [0, 0.1) is 13.8 Å². The van der Waals surface area contributed by atoms with Crippen LogP contribution in [0.15, 0.2) is 0 Å². The molecule has 4 nitrogen and oxygen atoms in total. The van der Waals surface area contributed by atoms with Crippen molar-refractivity contribution in [2.45, 2.75) is 32.7 Å². The van der Waals surface area contributed by atoms with Crippen molar-refractivity contribution < 1.29 is 9.59 Å². The molecule has 0 aromatic carbocycles. The minimum atomic E-state index is -0.262. The van der Waals surface area contributed by atoms with Gasteiger partial charge in [0.15, 0.2) is 0 Å². The van der Waals surface area contributed by atoms with Gasteiger partial charge in [-0.15, -0.1) is 11.3 Å². The van der Waals surface area contributed by atoms with Gasteiger partial charge in [0, 0.05) is 11.4 Å². The summed E-state index contributed by atoms with van der Waals surface area (Å²) in [5.74, 6) is -0.0152. The number of anilines is 1. The number of aryl methyl sites for hydroxylation is 1. The Bertz CT molecular complexity index is 521. The Labute approximate surface area is 104 Å². The van der Waals surface area contributed by atoms with Gasteiger partial charge >= 0.3 is 0 Å². The number of amides is 2. The molecule has 5 heteroatoms. The number of nitrogens with one attached hydrogen (secondary N) is 1. The molecule has 2 aliphatic rings. The van der Waals surface area contributed by atoms with Gasteiger partial charge in [-0.2, -0.15) is 0 Å². The van der Waals surface area contributed by atoms with Gasteiger partial charge in [0.1, 0.15) is 11.0 Å². The Balaban J connectivity index is 2.15. The van der Waals surface area contributed by atoms with E-state index in [0.29, 0.717) is 12.1 Å². The smallest absolute Gasteiger partial charge is 0.257 e. The van der Waals surface area contributed by atoms with Crippen LogP contribution in [0.25, 0.3) is 0 Å². The second-order valence-corrected chi connectivity index (χ2v) is 5.86. The van der Waals surface area contributed by atoms with Crippen LogP contribution in [0.5, 0.6) is 0 Å². The summed E-state index contributed by atoms with van der Waals surface area (Å²) in [7, 11) is 0. The summed E-state index contributed by atoms with van der Waals surface area (Å²) in [6, 6.07) is -0.262. The SMILES string of the molecule is Cc1sc2c(c1C)C(=O)N1CCC[C@H]1C(=O)N2. The third kappa shape index (κ3) is 1.42. The normalized spacial score (nSPS) is 23.2. The summed E-state index contributed by atoms with van der Waals surface area (Å²) >= 11 is 1.50. The Hall–Kier alpha value is -1.36. The van der Waals surface area contributed by atoms with Crippen molar-refractivity contribution in [3.8, 4) is 0 Å². The topological polar surface area (TPSA) is 49.4 Å². The highest BCUT2D eigenvalue weighted by atomic mass is 32.1. The monoisotopic (exact) mass is 250 g/mol. The molecule has 2 amide bonds. The molecule has 17 heavy (non-hydrogen) atoms. The first-order chi connectivity index (χ1) is 8.09. The number of hydrogen-bond donors (Lipinski definition) is 1. The fourth-order valence-electron chi connectivity index (χ4n) is 2.59. The third-order valence-corrected chi connectivity index (χ3v) is 4.77. The first kappa shape index (κ1) is 10.8. The van der Waals surface area contributed by atoms with Gasteiger partial charge in [-0.1, -0.05) is 0 Å². The van der Waals surface area contributed by atoms with E-state index in [0.717, 1.165) is 28.3 Å². The maximum Gasteiger partial charge on any atom is 0.257 e. The van der Waals surface area contributed by atoms with E-state index in [1.165, 1.54) is 11.3 Å². The molecule has 0 aliphatic carbocycles. The molecule has 1 N–H and O–H groups in total. The lowest BCUT2D eigenvalue weighted by molar-refractivity contribution is -0.119. The number of nitrogens with zero attached hydrogens (tertiary/aromatic N) is 1. The van der Waals surface area contributed by atoms with E-state index in [2.05, 4.69) is 5.32 Å². The van der Waals surface area contributed by atoms with Gasteiger partial charge in [0.2, 0.25) is 5.91 Å². The highest BCUT2D eigenvalue weighted by molar-refractivity contribution is 7.16. The van der Waals surface area contributed by atoms with Crippen LogP contribution in [-0.2, 0) is 4.79 Å².